The summed E-state index contributed by atoms with van der Waals surface area (Å²) >= 11 is 7.41. The highest BCUT2D eigenvalue weighted by atomic mass is 35.5. The predicted octanol–water partition coefficient (Wildman–Crippen LogP) is 2.34. The van der Waals surface area contributed by atoms with Crippen molar-refractivity contribution in [2.24, 2.45) is 10.9 Å². The van der Waals surface area contributed by atoms with Crippen LogP contribution in [-0.2, 0) is 4.79 Å². The van der Waals surface area contributed by atoms with E-state index in [4.69, 9.17) is 11.6 Å². The second kappa shape index (κ2) is 5.94. The summed E-state index contributed by atoms with van der Waals surface area (Å²) in [5, 5.41) is 13.9. The van der Waals surface area contributed by atoms with E-state index in [1.807, 2.05) is 13.2 Å². The van der Waals surface area contributed by atoms with Crippen LogP contribution in [0.5, 0.6) is 0 Å². The molecule has 2 atom stereocenters. The van der Waals surface area contributed by atoms with E-state index in [1.165, 1.54) is 11.8 Å². The highest BCUT2D eigenvalue weighted by Crippen LogP contribution is 2.26. The number of hydrogen-bond acceptors (Lipinski definition) is 4. The van der Waals surface area contributed by atoms with Crippen LogP contribution >= 0.6 is 23.4 Å². The van der Waals surface area contributed by atoms with Gasteiger partial charge in [-0.2, -0.15) is 0 Å². The molecule has 1 amide bonds. The van der Waals surface area contributed by atoms with E-state index in [9.17, 15) is 9.90 Å². The van der Waals surface area contributed by atoms with Gasteiger partial charge in [0.25, 0.3) is 0 Å². The van der Waals surface area contributed by atoms with Crippen molar-refractivity contribution in [2.45, 2.75) is 13.0 Å². The number of aliphatic imine (C=N–C) groups is 1. The largest absolute Gasteiger partial charge is 0.390 e. The second-order valence-electron chi connectivity index (χ2n) is 4.33. The van der Waals surface area contributed by atoms with Gasteiger partial charge in [-0.3, -0.25) is 9.79 Å². The molecule has 19 heavy (non-hydrogen) atoms. The normalized spacial score (nSPS) is 22.2. The van der Waals surface area contributed by atoms with E-state index >= 15 is 0 Å². The molecule has 0 aromatic heterocycles. The number of aliphatic hydroxyl groups is 1. The maximum Gasteiger partial charge on any atom is 0.236 e. The molecule has 1 aliphatic rings. The summed E-state index contributed by atoms with van der Waals surface area (Å²) in [7, 11) is 0. The van der Waals surface area contributed by atoms with Crippen molar-refractivity contribution in [3.05, 3.63) is 28.8 Å². The van der Waals surface area contributed by atoms with Crippen molar-refractivity contribution in [3.63, 3.8) is 0 Å². The van der Waals surface area contributed by atoms with Crippen molar-refractivity contribution < 1.29 is 9.90 Å². The Morgan fingerprint density at radius 2 is 2.32 bits per heavy atom. The first-order valence-electron chi connectivity index (χ1n) is 5.87. The average Bonchev–Trinajstić information content (AvgIpc) is 2.76. The number of aliphatic hydroxyl groups excluding tert-OH is 1. The van der Waals surface area contributed by atoms with Crippen LogP contribution in [0.15, 0.2) is 23.2 Å². The van der Waals surface area contributed by atoms with Gasteiger partial charge in [0.1, 0.15) is 5.92 Å². The summed E-state index contributed by atoms with van der Waals surface area (Å²) in [5.41, 5.74) is 1.48. The van der Waals surface area contributed by atoms with E-state index in [0.717, 1.165) is 5.56 Å². The Morgan fingerprint density at radius 1 is 1.58 bits per heavy atom. The Balaban J connectivity index is 2.17. The second-order valence-corrected chi connectivity index (χ2v) is 5.56. The summed E-state index contributed by atoms with van der Waals surface area (Å²) in [6, 6.07) is 5.34. The van der Waals surface area contributed by atoms with Gasteiger partial charge in [-0.25, -0.2) is 0 Å². The van der Waals surface area contributed by atoms with E-state index < -0.39 is 12.0 Å². The van der Waals surface area contributed by atoms with Crippen molar-refractivity contribution in [3.8, 4) is 0 Å². The van der Waals surface area contributed by atoms with E-state index in [-0.39, 0.29) is 12.5 Å². The first-order valence-corrected chi connectivity index (χ1v) is 7.47. The van der Waals surface area contributed by atoms with Gasteiger partial charge in [0, 0.05) is 10.7 Å². The highest BCUT2D eigenvalue weighted by Gasteiger charge is 2.35. The lowest BCUT2D eigenvalue weighted by Gasteiger charge is -2.17. The molecule has 0 spiro atoms. The van der Waals surface area contributed by atoms with Crippen LogP contribution in [0.4, 0.5) is 5.69 Å². The van der Waals surface area contributed by atoms with Crippen molar-refractivity contribution >= 4 is 40.0 Å². The zero-order valence-electron chi connectivity index (χ0n) is 10.7. The molecule has 0 aliphatic carbocycles. The summed E-state index contributed by atoms with van der Waals surface area (Å²) in [6.45, 7) is 2.12. The minimum Gasteiger partial charge on any atom is -0.390 e. The lowest BCUT2D eigenvalue weighted by molar-refractivity contribution is -0.120. The fraction of sp³-hybridized carbons (Fsp3) is 0.385. The number of anilines is 1. The average molecular weight is 299 g/mol. The standard InChI is InChI=1S/C13H15ClN2O2S/c1-7-8(14)4-3-5-9(7)16-12(18)11-10(17)6-15-13(11)19-2/h3-5,10-11,17H,6H2,1-2H3,(H,16,18). The zero-order valence-corrected chi connectivity index (χ0v) is 12.3. The molecule has 1 aliphatic heterocycles. The van der Waals surface area contributed by atoms with Gasteiger partial charge in [0.05, 0.1) is 17.7 Å². The smallest absolute Gasteiger partial charge is 0.236 e. The van der Waals surface area contributed by atoms with E-state index in [2.05, 4.69) is 10.3 Å². The predicted molar refractivity (Wildman–Crippen MR) is 80.1 cm³/mol. The maximum absolute atomic E-state index is 12.2. The van der Waals surface area contributed by atoms with Crippen LogP contribution in [-0.4, -0.2) is 35.0 Å². The first kappa shape index (κ1) is 14.4. The molecule has 0 bridgehead atoms. The molecule has 0 radical (unpaired) electrons. The van der Waals surface area contributed by atoms with Crippen LogP contribution in [0.25, 0.3) is 0 Å². The minimum atomic E-state index is -0.748. The Morgan fingerprint density at radius 3 is 3.00 bits per heavy atom. The number of benzene rings is 1. The molecule has 1 heterocycles. The molecular weight excluding hydrogens is 284 g/mol. The van der Waals surface area contributed by atoms with Gasteiger partial charge < -0.3 is 10.4 Å². The van der Waals surface area contributed by atoms with Gasteiger partial charge in [-0.15, -0.1) is 11.8 Å². The number of halogens is 1. The summed E-state index contributed by atoms with van der Waals surface area (Å²) < 4.78 is 0. The maximum atomic E-state index is 12.2. The van der Waals surface area contributed by atoms with Crippen LogP contribution < -0.4 is 5.32 Å². The van der Waals surface area contributed by atoms with Crippen LogP contribution in [0.2, 0.25) is 5.02 Å². The number of carbonyl (C=O) groups excluding carboxylic acids is 1. The number of rotatable bonds is 2. The summed E-state index contributed by atoms with van der Waals surface area (Å²) in [5.74, 6) is -0.836. The van der Waals surface area contributed by atoms with Gasteiger partial charge in [0.15, 0.2) is 0 Å². The lowest BCUT2D eigenvalue weighted by Crippen LogP contribution is -2.35. The molecule has 2 rings (SSSR count). The van der Waals surface area contributed by atoms with Gasteiger partial charge >= 0.3 is 0 Å². The molecule has 0 fully saturated rings. The molecule has 0 saturated heterocycles. The van der Waals surface area contributed by atoms with Gasteiger partial charge in [-0.05, 0) is 30.9 Å². The first-order chi connectivity index (χ1) is 9.04. The fourth-order valence-electron chi connectivity index (χ4n) is 1.98. The minimum absolute atomic E-state index is 0.247. The lowest BCUT2D eigenvalue weighted by atomic mass is 10.0. The number of carbonyl (C=O) groups is 1. The molecule has 4 nitrogen and oxygen atoms in total. The third-order valence-electron chi connectivity index (χ3n) is 3.10. The SMILES string of the molecule is CSC1=NCC(O)C1C(=O)Nc1cccc(Cl)c1C. The third kappa shape index (κ3) is 2.94. The molecule has 0 saturated carbocycles. The molecule has 1 aromatic rings. The Kier molecular flexibility index (Phi) is 4.50. The highest BCUT2D eigenvalue weighted by molar-refractivity contribution is 8.13. The Labute approximate surface area is 121 Å². The Bertz CT molecular complexity index is 533. The number of thioether (sulfide) groups is 1. The molecule has 1 aromatic carbocycles. The quantitative estimate of drug-likeness (QED) is 0.881. The molecule has 102 valence electrons. The van der Waals surface area contributed by atoms with Crippen molar-refractivity contribution in [1.82, 2.24) is 0 Å². The third-order valence-corrected chi connectivity index (χ3v) is 4.31. The summed E-state index contributed by atoms with van der Waals surface area (Å²) in [6.07, 6.45) is 1.10. The van der Waals surface area contributed by atoms with E-state index in [0.29, 0.717) is 15.8 Å². The molecule has 2 unspecified atom stereocenters. The topological polar surface area (TPSA) is 61.7 Å². The number of nitrogens with one attached hydrogen (secondary N) is 1. The van der Waals surface area contributed by atoms with Gasteiger partial charge in [0.2, 0.25) is 5.91 Å². The fourth-order valence-corrected chi connectivity index (χ4v) is 2.88. The number of hydrogen-bond donors (Lipinski definition) is 2. The molecule has 6 heteroatoms. The van der Waals surface area contributed by atoms with Crippen LogP contribution in [0.3, 0.4) is 0 Å². The van der Waals surface area contributed by atoms with Crippen molar-refractivity contribution in [2.75, 3.05) is 18.1 Å². The molecular formula is C13H15ClN2O2S. The summed E-state index contributed by atoms with van der Waals surface area (Å²) in [4.78, 5) is 16.4. The zero-order chi connectivity index (χ0) is 14.0. The number of amides is 1. The van der Waals surface area contributed by atoms with E-state index in [1.54, 1.807) is 18.2 Å². The van der Waals surface area contributed by atoms with Gasteiger partial charge in [-0.1, -0.05) is 17.7 Å². The monoisotopic (exact) mass is 298 g/mol. The van der Waals surface area contributed by atoms with Crippen molar-refractivity contribution in [1.29, 1.82) is 0 Å². The van der Waals surface area contributed by atoms with Crippen LogP contribution in [0.1, 0.15) is 5.56 Å². The molecule has 2 N–H and O–H groups in total. The van der Waals surface area contributed by atoms with Crippen LogP contribution in [0, 0.1) is 12.8 Å². The Hall–Kier alpha value is -1.04. The number of nitrogens with zero attached hydrogens (tertiary/aromatic N) is 1.